The normalized spacial score (nSPS) is 11.0. The lowest BCUT2D eigenvalue weighted by atomic mass is 10.1. The van der Waals surface area contributed by atoms with Gasteiger partial charge in [0, 0.05) is 11.3 Å². The predicted molar refractivity (Wildman–Crippen MR) is 104 cm³/mol. The van der Waals surface area contributed by atoms with Crippen molar-refractivity contribution in [3.8, 4) is 17.0 Å². The maximum absolute atomic E-state index is 9.81. The zero-order valence-electron chi connectivity index (χ0n) is 15.0. The summed E-state index contributed by atoms with van der Waals surface area (Å²) < 4.78 is 1.81. The van der Waals surface area contributed by atoms with Crippen molar-refractivity contribution in [1.29, 1.82) is 0 Å². The molecule has 0 aliphatic rings. The fourth-order valence-corrected chi connectivity index (χ4v) is 3.06. The van der Waals surface area contributed by atoms with Crippen LogP contribution in [0.3, 0.4) is 0 Å². The van der Waals surface area contributed by atoms with Crippen LogP contribution in [0.15, 0.2) is 54.6 Å². The summed E-state index contributed by atoms with van der Waals surface area (Å²) in [6.07, 6.45) is 0. The zero-order chi connectivity index (χ0) is 18.3. The number of aryl methyl sites for hydroxylation is 3. The Morgan fingerprint density at radius 2 is 1.77 bits per heavy atom. The van der Waals surface area contributed by atoms with Gasteiger partial charge in [0.05, 0.1) is 11.4 Å². The van der Waals surface area contributed by atoms with Crippen LogP contribution in [-0.2, 0) is 0 Å². The molecule has 0 saturated heterocycles. The molecule has 0 fully saturated rings. The number of fused-ring (bicyclic) bond motifs is 1. The van der Waals surface area contributed by atoms with E-state index in [1.54, 1.807) is 12.1 Å². The lowest BCUT2D eigenvalue weighted by Gasteiger charge is -2.09. The van der Waals surface area contributed by atoms with Crippen molar-refractivity contribution in [2.45, 2.75) is 20.8 Å². The number of imidazole rings is 1. The Morgan fingerprint density at radius 1 is 0.923 bits per heavy atom. The Balaban J connectivity index is 1.79. The Morgan fingerprint density at radius 3 is 2.54 bits per heavy atom. The SMILES string of the molecule is Cc1ccc(Nc2ccc3nc(C)c(-c4cccc(O)c4)n3n2)cc1C. The van der Waals surface area contributed by atoms with Crippen molar-refractivity contribution in [2.75, 3.05) is 5.32 Å². The summed E-state index contributed by atoms with van der Waals surface area (Å²) in [6, 6.07) is 17.3. The number of benzene rings is 2. The van der Waals surface area contributed by atoms with Gasteiger partial charge in [-0.25, -0.2) is 9.50 Å². The lowest BCUT2D eigenvalue weighted by Crippen LogP contribution is -2.01. The van der Waals surface area contributed by atoms with Crippen LogP contribution in [0.1, 0.15) is 16.8 Å². The van der Waals surface area contributed by atoms with Gasteiger partial charge in [-0.2, -0.15) is 0 Å². The largest absolute Gasteiger partial charge is 0.508 e. The fourth-order valence-electron chi connectivity index (χ4n) is 3.06. The summed E-state index contributed by atoms with van der Waals surface area (Å²) in [5.41, 5.74) is 6.88. The third-order valence-corrected chi connectivity index (χ3v) is 4.55. The Bertz CT molecular complexity index is 1110. The highest BCUT2D eigenvalue weighted by Gasteiger charge is 2.13. The summed E-state index contributed by atoms with van der Waals surface area (Å²) in [7, 11) is 0. The van der Waals surface area contributed by atoms with Crippen LogP contribution in [0.25, 0.3) is 16.9 Å². The van der Waals surface area contributed by atoms with E-state index in [1.165, 1.54) is 11.1 Å². The summed E-state index contributed by atoms with van der Waals surface area (Å²) in [4.78, 5) is 4.58. The minimum absolute atomic E-state index is 0.223. The molecule has 0 amide bonds. The van der Waals surface area contributed by atoms with E-state index in [1.807, 2.05) is 41.8 Å². The standard InChI is InChI=1S/C21H20N4O/c1-13-7-8-17(11-14(13)2)23-19-9-10-20-22-15(3)21(25(20)24-19)16-5-4-6-18(26)12-16/h4-12,26H,1-3H3,(H,23,24). The van der Waals surface area contributed by atoms with Crippen molar-refractivity contribution in [3.05, 3.63) is 71.4 Å². The van der Waals surface area contributed by atoms with Crippen molar-refractivity contribution in [2.24, 2.45) is 0 Å². The molecule has 5 nitrogen and oxygen atoms in total. The van der Waals surface area contributed by atoms with Gasteiger partial charge in [-0.3, -0.25) is 0 Å². The predicted octanol–water partition coefficient (Wildman–Crippen LogP) is 4.77. The molecular formula is C21H20N4O. The summed E-state index contributed by atoms with van der Waals surface area (Å²) >= 11 is 0. The van der Waals surface area contributed by atoms with Gasteiger partial charge in [0.25, 0.3) is 0 Å². The number of rotatable bonds is 3. The molecule has 0 unspecified atom stereocenters. The number of hydrogen-bond acceptors (Lipinski definition) is 4. The van der Waals surface area contributed by atoms with E-state index in [4.69, 9.17) is 5.10 Å². The molecule has 2 heterocycles. The smallest absolute Gasteiger partial charge is 0.154 e. The minimum atomic E-state index is 0.223. The van der Waals surface area contributed by atoms with Gasteiger partial charge >= 0.3 is 0 Å². The van der Waals surface area contributed by atoms with E-state index in [0.29, 0.717) is 0 Å². The van der Waals surface area contributed by atoms with Crippen molar-refractivity contribution >= 4 is 17.2 Å². The van der Waals surface area contributed by atoms with Crippen molar-refractivity contribution < 1.29 is 5.11 Å². The highest BCUT2D eigenvalue weighted by molar-refractivity contribution is 5.69. The maximum Gasteiger partial charge on any atom is 0.154 e. The van der Waals surface area contributed by atoms with E-state index in [9.17, 15) is 5.11 Å². The molecule has 4 rings (SSSR count). The monoisotopic (exact) mass is 344 g/mol. The van der Waals surface area contributed by atoms with E-state index >= 15 is 0 Å². The topological polar surface area (TPSA) is 62.5 Å². The van der Waals surface area contributed by atoms with Gasteiger partial charge < -0.3 is 10.4 Å². The summed E-state index contributed by atoms with van der Waals surface area (Å²) in [5.74, 6) is 0.959. The van der Waals surface area contributed by atoms with Gasteiger partial charge in [-0.05, 0) is 68.3 Å². The summed E-state index contributed by atoms with van der Waals surface area (Å²) in [5, 5.41) is 17.9. The Kier molecular flexibility index (Phi) is 3.84. The van der Waals surface area contributed by atoms with Crippen LogP contribution >= 0.6 is 0 Å². The molecule has 0 spiro atoms. The van der Waals surface area contributed by atoms with Crippen LogP contribution in [0.5, 0.6) is 5.75 Å². The average molecular weight is 344 g/mol. The third kappa shape index (κ3) is 2.88. The number of hydrogen-bond donors (Lipinski definition) is 2. The summed E-state index contributed by atoms with van der Waals surface area (Å²) in [6.45, 7) is 6.14. The van der Waals surface area contributed by atoms with Gasteiger partial charge in [-0.15, -0.1) is 5.10 Å². The molecule has 0 bridgehead atoms. The average Bonchev–Trinajstić information content (AvgIpc) is 2.93. The molecule has 0 aliphatic heterocycles. The first-order chi connectivity index (χ1) is 12.5. The molecule has 130 valence electrons. The van der Waals surface area contributed by atoms with Crippen molar-refractivity contribution in [3.63, 3.8) is 0 Å². The van der Waals surface area contributed by atoms with Crippen LogP contribution in [0.2, 0.25) is 0 Å². The fraction of sp³-hybridized carbons (Fsp3) is 0.143. The first kappa shape index (κ1) is 16.1. The van der Waals surface area contributed by atoms with Gasteiger partial charge in [0.1, 0.15) is 5.75 Å². The first-order valence-electron chi connectivity index (χ1n) is 8.51. The first-order valence-corrected chi connectivity index (χ1v) is 8.51. The van der Waals surface area contributed by atoms with Crippen LogP contribution in [0.4, 0.5) is 11.5 Å². The lowest BCUT2D eigenvalue weighted by molar-refractivity contribution is 0.475. The van der Waals surface area contributed by atoms with Crippen LogP contribution in [-0.4, -0.2) is 19.7 Å². The van der Waals surface area contributed by atoms with Gasteiger partial charge in [-0.1, -0.05) is 18.2 Å². The second-order valence-corrected chi connectivity index (χ2v) is 6.51. The number of anilines is 2. The molecule has 5 heteroatoms. The number of aromatic hydroxyl groups is 1. The number of phenolic OH excluding ortho intramolecular Hbond substituents is 1. The number of phenols is 1. The molecule has 2 aromatic heterocycles. The molecule has 26 heavy (non-hydrogen) atoms. The minimum Gasteiger partial charge on any atom is -0.508 e. The van der Waals surface area contributed by atoms with Crippen LogP contribution < -0.4 is 5.32 Å². The highest BCUT2D eigenvalue weighted by atomic mass is 16.3. The van der Waals surface area contributed by atoms with Gasteiger partial charge in [0.15, 0.2) is 11.5 Å². The molecular weight excluding hydrogens is 324 g/mol. The van der Waals surface area contributed by atoms with Crippen LogP contribution in [0, 0.1) is 20.8 Å². The van der Waals surface area contributed by atoms with E-state index in [2.05, 4.69) is 36.3 Å². The molecule has 0 aliphatic carbocycles. The maximum atomic E-state index is 9.81. The molecule has 2 aromatic carbocycles. The molecule has 2 N–H and O–H groups in total. The Labute approximate surface area is 152 Å². The molecule has 0 saturated carbocycles. The highest BCUT2D eigenvalue weighted by Crippen LogP contribution is 2.27. The Hall–Kier alpha value is -3.34. The number of aromatic nitrogens is 3. The molecule has 4 aromatic rings. The zero-order valence-corrected chi connectivity index (χ0v) is 15.0. The number of nitrogens with one attached hydrogen (secondary N) is 1. The second kappa shape index (κ2) is 6.19. The van der Waals surface area contributed by atoms with E-state index in [0.717, 1.165) is 34.1 Å². The molecule has 0 radical (unpaired) electrons. The van der Waals surface area contributed by atoms with E-state index in [-0.39, 0.29) is 5.75 Å². The van der Waals surface area contributed by atoms with Crippen molar-refractivity contribution in [1.82, 2.24) is 14.6 Å². The van der Waals surface area contributed by atoms with E-state index < -0.39 is 0 Å². The second-order valence-electron chi connectivity index (χ2n) is 6.51. The molecule has 0 atom stereocenters. The number of nitrogens with zero attached hydrogens (tertiary/aromatic N) is 3. The van der Waals surface area contributed by atoms with Gasteiger partial charge in [0.2, 0.25) is 0 Å². The third-order valence-electron chi connectivity index (χ3n) is 4.55. The quantitative estimate of drug-likeness (QED) is 0.562.